The summed E-state index contributed by atoms with van der Waals surface area (Å²) in [6.07, 6.45) is 3.09. The van der Waals surface area contributed by atoms with Crippen molar-refractivity contribution in [2.24, 2.45) is 0 Å². The topological polar surface area (TPSA) is 84.3 Å². The van der Waals surface area contributed by atoms with E-state index >= 15 is 0 Å². The lowest BCUT2D eigenvalue weighted by Gasteiger charge is -1.87. The number of carboxylic acids is 1. The fourth-order valence-electron chi connectivity index (χ4n) is 0.677. The smallest absolute Gasteiger partial charge is 0.373 e. The van der Waals surface area contributed by atoms with Crippen molar-refractivity contribution in [1.29, 1.82) is 0 Å². The van der Waals surface area contributed by atoms with Crippen molar-refractivity contribution in [2.45, 2.75) is 13.8 Å². The summed E-state index contributed by atoms with van der Waals surface area (Å²) in [5.41, 5.74) is 0.220. The van der Waals surface area contributed by atoms with Crippen LogP contribution in [0.3, 0.4) is 0 Å². The Labute approximate surface area is 117 Å². The molecule has 0 aliphatic carbocycles. The molecule has 100 valence electrons. The third kappa shape index (κ3) is 14.7. The summed E-state index contributed by atoms with van der Waals surface area (Å²) in [4.78, 5) is 30.0. The minimum Gasteiger partial charge on any atom is -0.478 e. The molecule has 1 rings (SSSR count). The summed E-state index contributed by atoms with van der Waals surface area (Å²) >= 11 is 0. The molecule has 0 unspecified atom stereocenters. The van der Waals surface area contributed by atoms with E-state index in [1.165, 1.54) is 18.5 Å². The molecular formula is C15H11NO4. The summed E-state index contributed by atoms with van der Waals surface area (Å²) < 4.78 is 0. The zero-order valence-electron chi connectivity index (χ0n) is 10.9. The molecule has 0 aliphatic rings. The van der Waals surface area contributed by atoms with Crippen LogP contribution in [0.2, 0.25) is 0 Å². The number of carboxylic acid groups (broad SMARTS) is 1. The fraction of sp³-hybridized carbons (Fsp3) is 0.133. The van der Waals surface area contributed by atoms with Gasteiger partial charge in [0.05, 0.1) is 5.56 Å². The number of carbonyl (C=O) groups excluding carboxylic acids is 2. The fourth-order valence-corrected chi connectivity index (χ4v) is 0.677. The molecule has 0 bridgehead atoms. The average Bonchev–Trinajstić information content (AvgIpc) is 2.46. The number of aromatic nitrogens is 1. The summed E-state index contributed by atoms with van der Waals surface area (Å²) in [6.45, 7) is 3.49. The highest BCUT2D eigenvalue weighted by Gasteiger charge is 1.97. The lowest BCUT2D eigenvalue weighted by atomic mass is 10.3. The van der Waals surface area contributed by atoms with Crippen LogP contribution in [-0.4, -0.2) is 22.2 Å². The minimum absolute atomic E-state index is 0.220. The summed E-state index contributed by atoms with van der Waals surface area (Å²) in [5.74, 6) is 14.6. The van der Waals surface area contributed by atoms with E-state index in [9.17, 15) is 4.79 Å². The highest BCUT2D eigenvalue weighted by atomic mass is 16.4. The van der Waals surface area contributed by atoms with Crippen molar-refractivity contribution in [3.63, 3.8) is 0 Å². The molecule has 1 N–H and O–H groups in total. The van der Waals surface area contributed by atoms with Gasteiger partial charge in [0.2, 0.25) is 0 Å². The van der Waals surface area contributed by atoms with Gasteiger partial charge in [-0.15, -0.1) is 0 Å². The monoisotopic (exact) mass is 269 g/mol. The maximum absolute atomic E-state index is 10.2. The standard InChI is InChI=1S/C8H6.C6H5NO2.CO2/c1-3-5-7-8-6-4-2;8-6(9)5-2-1-3-7-4-5;2-1-3/h1-2H3;1-4H,(H,8,9);. The lowest BCUT2D eigenvalue weighted by molar-refractivity contribution is -0.191. The number of carbonyl (C=O) groups is 1. The zero-order chi connectivity index (χ0) is 15.6. The van der Waals surface area contributed by atoms with E-state index in [4.69, 9.17) is 14.7 Å². The first-order valence-electron chi connectivity index (χ1n) is 5.10. The Morgan fingerprint density at radius 2 is 1.60 bits per heavy atom. The van der Waals surface area contributed by atoms with Gasteiger partial charge in [0.25, 0.3) is 0 Å². The van der Waals surface area contributed by atoms with Crippen molar-refractivity contribution in [3.8, 4) is 35.5 Å². The van der Waals surface area contributed by atoms with E-state index in [1.807, 2.05) is 0 Å². The number of hydrogen-bond acceptors (Lipinski definition) is 4. The van der Waals surface area contributed by atoms with Gasteiger partial charge in [-0.1, -0.05) is 11.8 Å². The van der Waals surface area contributed by atoms with Crippen molar-refractivity contribution in [1.82, 2.24) is 4.98 Å². The van der Waals surface area contributed by atoms with Crippen LogP contribution in [0.25, 0.3) is 0 Å². The Morgan fingerprint density at radius 1 is 1.10 bits per heavy atom. The first kappa shape index (κ1) is 19.0. The van der Waals surface area contributed by atoms with Crippen molar-refractivity contribution in [3.05, 3.63) is 30.1 Å². The van der Waals surface area contributed by atoms with E-state index in [-0.39, 0.29) is 11.7 Å². The van der Waals surface area contributed by atoms with Crippen LogP contribution < -0.4 is 0 Å². The van der Waals surface area contributed by atoms with Crippen LogP contribution >= 0.6 is 0 Å². The van der Waals surface area contributed by atoms with E-state index in [0.29, 0.717) is 0 Å². The molecule has 5 heteroatoms. The molecular weight excluding hydrogens is 258 g/mol. The number of aromatic carboxylic acids is 1. The molecule has 0 aromatic carbocycles. The Kier molecular flexibility index (Phi) is 14.9. The molecule has 5 nitrogen and oxygen atoms in total. The second-order valence-corrected chi connectivity index (χ2v) is 2.63. The first-order chi connectivity index (χ1) is 9.63. The van der Waals surface area contributed by atoms with Gasteiger partial charge < -0.3 is 5.11 Å². The third-order valence-electron chi connectivity index (χ3n) is 1.35. The Bertz CT molecular complexity index is 586. The average molecular weight is 269 g/mol. The zero-order valence-corrected chi connectivity index (χ0v) is 10.9. The van der Waals surface area contributed by atoms with Crippen molar-refractivity contribution < 1.29 is 19.5 Å². The van der Waals surface area contributed by atoms with Crippen LogP contribution in [0, 0.1) is 35.5 Å². The molecule has 0 fully saturated rings. The van der Waals surface area contributed by atoms with Crippen molar-refractivity contribution in [2.75, 3.05) is 0 Å². The maximum Gasteiger partial charge on any atom is 0.373 e. The van der Waals surface area contributed by atoms with Crippen LogP contribution in [0.5, 0.6) is 0 Å². The highest BCUT2D eigenvalue weighted by Crippen LogP contribution is 1.92. The molecule has 0 saturated heterocycles. The lowest BCUT2D eigenvalue weighted by Crippen LogP contribution is -1.94. The molecule has 20 heavy (non-hydrogen) atoms. The molecule has 0 spiro atoms. The van der Waals surface area contributed by atoms with Gasteiger partial charge >= 0.3 is 12.1 Å². The van der Waals surface area contributed by atoms with Crippen LogP contribution in [0.15, 0.2) is 24.5 Å². The molecule has 1 aromatic rings. The molecule has 0 atom stereocenters. The minimum atomic E-state index is -0.942. The van der Waals surface area contributed by atoms with Gasteiger partial charge in [0.1, 0.15) is 0 Å². The summed E-state index contributed by atoms with van der Waals surface area (Å²) in [5, 5.41) is 8.34. The third-order valence-corrected chi connectivity index (χ3v) is 1.35. The summed E-state index contributed by atoms with van der Waals surface area (Å²) in [7, 11) is 0. The van der Waals surface area contributed by atoms with Crippen LogP contribution in [0.1, 0.15) is 24.2 Å². The number of pyridine rings is 1. The maximum atomic E-state index is 10.2. The van der Waals surface area contributed by atoms with Gasteiger partial charge in [-0.2, -0.15) is 9.59 Å². The molecule has 1 aromatic heterocycles. The predicted molar refractivity (Wildman–Crippen MR) is 70.9 cm³/mol. The quantitative estimate of drug-likeness (QED) is 0.775. The highest BCUT2D eigenvalue weighted by molar-refractivity contribution is 5.86. The Hall–Kier alpha value is -3.32. The number of hydrogen-bond donors (Lipinski definition) is 1. The van der Waals surface area contributed by atoms with Crippen LogP contribution in [-0.2, 0) is 9.59 Å². The largest absolute Gasteiger partial charge is 0.478 e. The molecule has 0 aliphatic heterocycles. The predicted octanol–water partition coefficient (Wildman–Crippen LogP) is 1.23. The van der Waals surface area contributed by atoms with Gasteiger partial charge in [-0.25, -0.2) is 4.79 Å². The van der Waals surface area contributed by atoms with Gasteiger partial charge in [0.15, 0.2) is 0 Å². The normalized spacial score (nSPS) is 5.90. The Balaban J connectivity index is 0. The van der Waals surface area contributed by atoms with Gasteiger partial charge in [-0.3, -0.25) is 4.98 Å². The van der Waals surface area contributed by atoms with Crippen molar-refractivity contribution >= 4 is 12.1 Å². The number of nitrogens with zero attached hydrogens (tertiary/aromatic N) is 1. The van der Waals surface area contributed by atoms with E-state index < -0.39 is 5.97 Å². The second kappa shape index (κ2) is 15.7. The Morgan fingerprint density at radius 3 is 1.85 bits per heavy atom. The molecule has 0 saturated carbocycles. The SMILES string of the molecule is CC#CC#CC#CC.O=C(O)c1cccnc1.O=C=O. The molecule has 0 amide bonds. The molecule has 1 heterocycles. The summed E-state index contributed by atoms with van der Waals surface area (Å²) in [6, 6.07) is 3.08. The van der Waals surface area contributed by atoms with E-state index in [1.54, 1.807) is 19.9 Å². The second-order valence-electron chi connectivity index (χ2n) is 2.63. The van der Waals surface area contributed by atoms with Gasteiger partial charge in [-0.05, 0) is 49.7 Å². The first-order valence-corrected chi connectivity index (χ1v) is 5.10. The number of rotatable bonds is 1. The van der Waals surface area contributed by atoms with E-state index in [0.717, 1.165) is 0 Å². The molecule has 0 radical (unpaired) electrons. The van der Waals surface area contributed by atoms with Gasteiger partial charge in [0, 0.05) is 12.4 Å². The van der Waals surface area contributed by atoms with E-state index in [2.05, 4.69) is 40.5 Å². The van der Waals surface area contributed by atoms with Crippen LogP contribution in [0.4, 0.5) is 0 Å².